The molecule has 0 amide bonds. The number of methoxy groups -OCH3 is 2. The Morgan fingerprint density at radius 3 is 2.54 bits per heavy atom. The molecule has 1 heterocycles. The van der Waals surface area contributed by atoms with E-state index in [0.29, 0.717) is 22.7 Å². The van der Waals surface area contributed by atoms with E-state index < -0.39 is 0 Å². The molecule has 0 aliphatic carbocycles. The summed E-state index contributed by atoms with van der Waals surface area (Å²) in [6, 6.07) is 14.8. The maximum atomic E-state index is 13.0. The van der Waals surface area contributed by atoms with Crippen LogP contribution in [0.5, 0.6) is 5.75 Å². The molecule has 0 aliphatic heterocycles. The number of ether oxygens (including phenoxy) is 2. The Kier molecular flexibility index (Phi) is 5.17. The van der Waals surface area contributed by atoms with E-state index in [1.54, 1.807) is 24.9 Å². The normalized spacial score (nSPS) is 10.9. The second-order valence-corrected chi connectivity index (χ2v) is 6.15. The molecule has 1 aromatic heterocycles. The first kappa shape index (κ1) is 16.5. The summed E-state index contributed by atoms with van der Waals surface area (Å²) in [7, 11) is 3.27. The molecule has 0 saturated carbocycles. The predicted molar refractivity (Wildman–Crippen MR) is 96.5 cm³/mol. The highest BCUT2D eigenvalue weighted by Crippen LogP contribution is 2.22. The maximum Gasteiger partial charge on any atom is 0.266 e. The van der Waals surface area contributed by atoms with Crippen molar-refractivity contribution >= 4 is 22.7 Å². The zero-order valence-corrected chi connectivity index (χ0v) is 14.4. The van der Waals surface area contributed by atoms with E-state index in [4.69, 9.17) is 9.47 Å². The van der Waals surface area contributed by atoms with Crippen LogP contribution >= 0.6 is 11.8 Å². The van der Waals surface area contributed by atoms with Crippen molar-refractivity contribution in [3.63, 3.8) is 0 Å². The minimum Gasteiger partial charge on any atom is -0.497 e. The van der Waals surface area contributed by atoms with Crippen LogP contribution in [-0.2, 0) is 4.74 Å². The molecule has 24 heavy (non-hydrogen) atoms. The number of nitrogens with zero attached hydrogens (tertiary/aromatic N) is 2. The SMILES string of the molecule is COCCSc1nc2ccccc2c(=O)n1-c1ccc(OC)cc1. The number of para-hydroxylation sites is 1. The van der Waals surface area contributed by atoms with Gasteiger partial charge in [-0.05, 0) is 36.4 Å². The second kappa shape index (κ2) is 7.51. The van der Waals surface area contributed by atoms with Gasteiger partial charge in [0, 0.05) is 12.9 Å². The number of fused-ring (bicyclic) bond motifs is 1. The minimum absolute atomic E-state index is 0.0781. The van der Waals surface area contributed by atoms with Crippen molar-refractivity contribution in [2.75, 3.05) is 26.6 Å². The van der Waals surface area contributed by atoms with Gasteiger partial charge in [0.1, 0.15) is 5.75 Å². The van der Waals surface area contributed by atoms with Gasteiger partial charge in [0.25, 0.3) is 5.56 Å². The molecule has 5 nitrogen and oxygen atoms in total. The van der Waals surface area contributed by atoms with Crippen LogP contribution in [0.3, 0.4) is 0 Å². The Balaban J connectivity index is 2.16. The monoisotopic (exact) mass is 342 g/mol. The third-order valence-corrected chi connectivity index (χ3v) is 4.50. The van der Waals surface area contributed by atoms with Crippen molar-refractivity contribution in [2.45, 2.75) is 5.16 Å². The van der Waals surface area contributed by atoms with Crippen LogP contribution in [0.15, 0.2) is 58.5 Å². The zero-order chi connectivity index (χ0) is 16.9. The van der Waals surface area contributed by atoms with Crippen molar-refractivity contribution in [1.29, 1.82) is 0 Å². The molecule has 124 valence electrons. The summed E-state index contributed by atoms with van der Waals surface area (Å²) < 4.78 is 11.9. The van der Waals surface area contributed by atoms with Crippen molar-refractivity contribution in [1.82, 2.24) is 9.55 Å². The highest BCUT2D eigenvalue weighted by atomic mass is 32.2. The Morgan fingerprint density at radius 2 is 1.83 bits per heavy atom. The van der Waals surface area contributed by atoms with Crippen LogP contribution in [0.4, 0.5) is 0 Å². The standard InChI is InChI=1S/C18H18N2O3S/c1-22-11-12-24-18-19-16-6-4-3-5-15(16)17(21)20(18)13-7-9-14(23-2)10-8-13/h3-10H,11-12H2,1-2H3. The molecule has 0 bridgehead atoms. The molecule has 0 atom stereocenters. The van der Waals surface area contributed by atoms with Crippen LogP contribution in [0.2, 0.25) is 0 Å². The molecule has 2 aromatic carbocycles. The summed E-state index contributed by atoms with van der Waals surface area (Å²) >= 11 is 1.50. The second-order valence-electron chi connectivity index (χ2n) is 5.09. The van der Waals surface area contributed by atoms with Gasteiger partial charge in [0.2, 0.25) is 0 Å². The van der Waals surface area contributed by atoms with Gasteiger partial charge in [0.15, 0.2) is 5.16 Å². The van der Waals surface area contributed by atoms with Gasteiger partial charge in [-0.1, -0.05) is 23.9 Å². The summed E-state index contributed by atoms with van der Waals surface area (Å²) in [6.45, 7) is 0.593. The summed E-state index contributed by atoms with van der Waals surface area (Å²) in [5.41, 5.74) is 1.39. The van der Waals surface area contributed by atoms with Crippen LogP contribution in [0.25, 0.3) is 16.6 Å². The molecule has 0 radical (unpaired) electrons. The molecule has 3 rings (SSSR count). The lowest BCUT2D eigenvalue weighted by molar-refractivity contribution is 0.218. The van der Waals surface area contributed by atoms with Crippen molar-refractivity contribution in [2.24, 2.45) is 0 Å². The largest absolute Gasteiger partial charge is 0.497 e. The third-order valence-electron chi connectivity index (χ3n) is 3.59. The first-order valence-corrected chi connectivity index (χ1v) is 8.51. The number of aromatic nitrogens is 2. The van der Waals surface area contributed by atoms with Gasteiger partial charge in [-0.25, -0.2) is 4.98 Å². The highest BCUT2D eigenvalue weighted by molar-refractivity contribution is 7.99. The number of hydrogen-bond donors (Lipinski definition) is 0. The Labute approximate surface area is 144 Å². The van der Waals surface area contributed by atoms with Gasteiger partial charge in [-0.3, -0.25) is 9.36 Å². The smallest absolute Gasteiger partial charge is 0.266 e. The quantitative estimate of drug-likeness (QED) is 0.391. The van der Waals surface area contributed by atoms with E-state index >= 15 is 0 Å². The van der Waals surface area contributed by atoms with E-state index in [0.717, 1.165) is 17.2 Å². The van der Waals surface area contributed by atoms with E-state index in [2.05, 4.69) is 4.98 Å². The third kappa shape index (κ3) is 3.29. The average Bonchev–Trinajstić information content (AvgIpc) is 2.62. The summed E-state index contributed by atoms with van der Waals surface area (Å²) in [6.07, 6.45) is 0. The molecule has 0 unspecified atom stereocenters. The van der Waals surface area contributed by atoms with Gasteiger partial charge in [0.05, 0.1) is 30.3 Å². The molecule has 0 saturated heterocycles. The molecule has 0 N–H and O–H groups in total. The lowest BCUT2D eigenvalue weighted by atomic mass is 10.2. The van der Waals surface area contributed by atoms with Crippen molar-refractivity contribution < 1.29 is 9.47 Å². The van der Waals surface area contributed by atoms with Crippen LogP contribution < -0.4 is 10.3 Å². The fourth-order valence-corrected chi connectivity index (χ4v) is 3.30. The Bertz CT molecular complexity index is 891. The first-order chi connectivity index (χ1) is 11.7. The molecule has 0 fully saturated rings. The maximum absolute atomic E-state index is 13.0. The van der Waals surface area contributed by atoms with Crippen LogP contribution in [-0.4, -0.2) is 36.1 Å². The minimum atomic E-state index is -0.0781. The topological polar surface area (TPSA) is 53.3 Å². The van der Waals surface area contributed by atoms with Crippen molar-refractivity contribution in [3.8, 4) is 11.4 Å². The first-order valence-electron chi connectivity index (χ1n) is 7.52. The molecule has 6 heteroatoms. The van der Waals surface area contributed by atoms with Crippen LogP contribution in [0, 0.1) is 0 Å². The highest BCUT2D eigenvalue weighted by Gasteiger charge is 2.13. The number of benzene rings is 2. The van der Waals surface area contributed by atoms with E-state index in [-0.39, 0.29) is 5.56 Å². The molecule has 0 aliphatic rings. The number of hydrogen-bond acceptors (Lipinski definition) is 5. The number of thioether (sulfide) groups is 1. The molecule has 3 aromatic rings. The fraction of sp³-hybridized carbons (Fsp3) is 0.222. The van der Waals surface area contributed by atoms with Gasteiger partial charge in [-0.15, -0.1) is 0 Å². The van der Waals surface area contributed by atoms with E-state index in [9.17, 15) is 4.79 Å². The zero-order valence-electron chi connectivity index (χ0n) is 13.6. The van der Waals surface area contributed by atoms with E-state index in [1.165, 1.54) is 11.8 Å². The number of rotatable bonds is 6. The fourth-order valence-electron chi connectivity index (χ4n) is 2.38. The average molecular weight is 342 g/mol. The van der Waals surface area contributed by atoms with E-state index in [1.807, 2.05) is 42.5 Å². The lowest BCUT2D eigenvalue weighted by Gasteiger charge is -2.13. The lowest BCUT2D eigenvalue weighted by Crippen LogP contribution is -2.22. The summed E-state index contributed by atoms with van der Waals surface area (Å²) in [4.78, 5) is 17.6. The molecular formula is C18H18N2O3S. The molecule has 0 spiro atoms. The summed E-state index contributed by atoms with van der Waals surface area (Å²) in [5.74, 6) is 1.46. The van der Waals surface area contributed by atoms with Gasteiger partial charge >= 0.3 is 0 Å². The molecular weight excluding hydrogens is 324 g/mol. The Hall–Kier alpha value is -2.31. The van der Waals surface area contributed by atoms with Crippen molar-refractivity contribution in [3.05, 3.63) is 58.9 Å². The van der Waals surface area contributed by atoms with Gasteiger partial charge < -0.3 is 9.47 Å². The Morgan fingerprint density at radius 1 is 1.08 bits per heavy atom. The van der Waals surface area contributed by atoms with Gasteiger partial charge in [-0.2, -0.15) is 0 Å². The predicted octanol–water partition coefficient (Wildman–Crippen LogP) is 3.13. The van der Waals surface area contributed by atoms with Crippen LogP contribution in [0.1, 0.15) is 0 Å². The summed E-state index contributed by atoms with van der Waals surface area (Å²) in [5, 5.41) is 1.25.